The first-order chi connectivity index (χ1) is 7.28. The molecule has 0 radical (unpaired) electrons. The zero-order valence-corrected chi connectivity index (χ0v) is 10.1. The van der Waals surface area contributed by atoms with E-state index in [4.69, 9.17) is 10.5 Å². The van der Waals surface area contributed by atoms with E-state index in [-0.39, 0.29) is 6.04 Å². The number of hydrogen-bond acceptors (Lipinski definition) is 3. The van der Waals surface area contributed by atoms with Crippen LogP contribution in [0.1, 0.15) is 40.0 Å². The third-order valence-electron chi connectivity index (χ3n) is 2.52. The monoisotopic (exact) mass is 232 g/mol. The van der Waals surface area contributed by atoms with Crippen molar-refractivity contribution in [2.45, 2.75) is 63.9 Å². The van der Waals surface area contributed by atoms with Crippen molar-refractivity contribution in [1.29, 1.82) is 0 Å². The van der Waals surface area contributed by atoms with Crippen LogP contribution in [0.5, 0.6) is 0 Å². The van der Waals surface area contributed by atoms with Crippen LogP contribution in [0.2, 0.25) is 0 Å². The van der Waals surface area contributed by atoms with Gasteiger partial charge in [-0.1, -0.05) is 0 Å². The lowest BCUT2D eigenvalue weighted by molar-refractivity contribution is 0.0445. The van der Waals surface area contributed by atoms with Crippen molar-refractivity contribution in [3.8, 4) is 0 Å². The zero-order valence-electron chi connectivity index (χ0n) is 10.1. The van der Waals surface area contributed by atoms with Gasteiger partial charge in [0.25, 0.3) is 0 Å². The van der Waals surface area contributed by atoms with Gasteiger partial charge in [-0.05, 0) is 40.0 Å². The molecule has 0 aromatic rings. The van der Waals surface area contributed by atoms with Crippen LogP contribution in [0.3, 0.4) is 0 Å². The number of ether oxygens (including phenoxy) is 1. The number of hydrogen-bond donors (Lipinski definition) is 2. The minimum absolute atomic E-state index is 0.0910. The summed E-state index contributed by atoms with van der Waals surface area (Å²) < 4.78 is 18.6. The molecular formula is C11H21FN2O2. The quantitative estimate of drug-likeness (QED) is 0.723. The molecule has 1 aliphatic carbocycles. The maximum Gasteiger partial charge on any atom is 0.407 e. The van der Waals surface area contributed by atoms with Crippen molar-refractivity contribution in [3.63, 3.8) is 0 Å². The highest BCUT2D eigenvalue weighted by atomic mass is 19.1. The number of rotatable bonds is 1. The van der Waals surface area contributed by atoms with Crippen LogP contribution >= 0.6 is 0 Å². The van der Waals surface area contributed by atoms with Gasteiger partial charge in [-0.25, -0.2) is 9.18 Å². The Hall–Kier alpha value is -0.840. The van der Waals surface area contributed by atoms with Gasteiger partial charge in [0.1, 0.15) is 11.8 Å². The molecule has 0 heterocycles. The van der Waals surface area contributed by atoms with Gasteiger partial charge in [-0.3, -0.25) is 0 Å². The Morgan fingerprint density at radius 2 is 2.06 bits per heavy atom. The van der Waals surface area contributed by atoms with E-state index >= 15 is 0 Å². The van der Waals surface area contributed by atoms with Crippen LogP contribution in [0.25, 0.3) is 0 Å². The molecule has 1 aliphatic rings. The van der Waals surface area contributed by atoms with Gasteiger partial charge in [0.2, 0.25) is 0 Å². The standard InChI is InChI=1S/C11H21FN2O2/c1-11(2,3)16-10(15)14-9-5-4-7(13)6-8(9)12/h7-9H,4-6,13H2,1-3H3,(H,14,15)/t7-,8+,9-/m0/s1. The molecule has 1 amide bonds. The Bertz CT molecular complexity index is 253. The number of amides is 1. The van der Waals surface area contributed by atoms with Crippen LogP contribution in [-0.4, -0.2) is 29.9 Å². The third-order valence-corrected chi connectivity index (χ3v) is 2.52. The smallest absolute Gasteiger partial charge is 0.407 e. The number of nitrogens with one attached hydrogen (secondary N) is 1. The highest BCUT2D eigenvalue weighted by molar-refractivity contribution is 5.68. The van der Waals surface area contributed by atoms with Gasteiger partial charge in [-0.15, -0.1) is 0 Å². The van der Waals surface area contributed by atoms with Crippen LogP contribution in [0.4, 0.5) is 9.18 Å². The summed E-state index contributed by atoms with van der Waals surface area (Å²) in [6.07, 6.45) is -0.0185. The molecule has 0 unspecified atom stereocenters. The fourth-order valence-electron chi connectivity index (χ4n) is 1.77. The van der Waals surface area contributed by atoms with Gasteiger partial charge in [0, 0.05) is 6.04 Å². The highest BCUT2D eigenvalue weighted by Gasteiger charge is 2.31. The normalized spacial score (nSPS) is 30.9. The molecule has 0 bridgehead atoms. The second kappa shape index (κ2) is 4.99. The third kappa shape index (κ3) is 4.35. The first-order valence-electron chi connectivity index (χ1n) is 5.67. The zero-order chi connectivity index (χ0) is 12.3. The minimum atomic E-state index is -1.07. The maximum atomic E-state index is 13.5. The summed E-state index contributed by atoms with van der Waals surface area (Å²) in [6.45, 7) is 5.32. The number of alkyl halides is 1. The first kappa shape index (κ1) is 13.2. The van der Waals surface area contributed by atoms with Crippen molar-refractivity contribution in [3.05, 3.63) is 0 Å². The van der Waals surface area contributed by atoms with Crippen LogP contribution in [0, 0.1) is 0 Å². The number of carbonyl (C=O) groups is 1. The largest absolute Gasteiger partial charge is 0.444 e. The predicted molar refractivity (Wildman–Crippen MR) is 59.9 cm³/mol. The number of nitrogens with two attached hydrogens (primary N) is 1. The molecule has 0 saturated heterocycles. The number of carbonyl (C=O) groups excluding carboxylic acids is 1. The molecule has 0 aromatic heterocycles. The summed E-state index contributed by atoms with van der Waals surface area (Å²) in [4.78, 5) is 11.4. The summed E-state index contributed by atoms with van der Waals surface area (Å²) in [5, 5.41) is 2.55. The summed E-state index contributed by atoms with van der Waals surface area (Å²) in [5.74, 6) is 0. The number of halogens is 1. The molecule has 4 nitrogen and oxygen atoms in total. The summed E-state index contributed by atoms with van der Waals surface area (Å²) in [7, 11) is 0. The molecule has 1 rings (SSSR count). The highest BCUT2D eigenvalue weighted by Crippen LogP contribution is 2.21. The first-order valence-corrected chi connectivity index (χ1v) is 5.67. The lowest BCUT2D eigenvalue weighted by atomic mass is 9.90. The Balaban J connectivity index is 2.39. The van der Waals surface area contributed by atoms with E-state index in [9.17, 15) is 9.18 Å². The number of alkyl carbamates (subject to hydrolysis) is 1. The summed E-state index contributed by atoms with van der Waals surface area (Å²) >= 11 is 0. The van der Waals surface area contributed by atoms with Gasteiger partial charge >= 0.3 is 6.09 Å². The molecule has 1 fully saturated rings. The van der Waals surface area contributed by atoms with Crippen LogP contribution in [0.15, 0.2) is 0 Å². The molecule has 0 aromatic carbocycles. The van der Waals surface area contributed by atoms with E-state index < -0.39 is 23.9 Å². The summed E-state index contributed by atoms with van der Waals surface area (Å²) in [6, 6.07) is -0.554. The van der Waals surface area contributed by atoms with E-state index in [0.29, 0.717) is 12.8 Å². The molecule has 0 aliphatic heterocycles. The van der Waals surface area contributed by atoms with Crippen molar-refractivity contribution in [1.82, 2.24) is 5.32 Å². The topological polar surface area (TPSA) is 64.3 Å². The Labute approximate surface area is 95.7 Å². The predicted octanol–water partition coefficient (Wildman–Crippen LogP) is 1.73. The minimum Gasteiger partial charge on any atom is -0.444 e. The van der Waals surface area contributed by atoms with Gasteiger partial charge in [-0.2, -0.15) is 0 Å². The molecular weight excluding hydrogens is 211 g/mol. The van der Waals surface area contributed by atoms with Crippen molar-refractivity contribution < 1.29 is 13.9 Å². The summed E-state index contributed by atoms with van der Waals surface area (Å²) in [5.41, 5.74) is 5.08. The molecule has 94 valence electrons. The van der Waals surface area contributed by atoms with Crippen molar-refractivity contribution in [2.75, 3.05) is 0 Å². The lowest BCUT2D eigenvalue weighted by Gasteiger charge is -2.31. The van der Waals surface area contributed by atoms with E-state index in [2.05, 4.69) is 5.32 Å². The molecule has 0 spiro atoms. The van der Waals surface area contributed by atoms with E-state index in [1.54, 1.807) is 20.8 Å². The average molecular weight is 232 g/mol. The molecule has 3 atom stereocenters. The van der Waals surface area contributed by atoms with Crippen molar-refractivity contribution >= 4 is 6.09 Å². The molecule has 5 heteroatoms. The Morgan fingerprint density at radius 3 is 2.56 bits per heavy atom. The maximum absolute atomic E-state index is 13.5. The van der Waals surface area contributed by atoms with E-state index in [0.717, 1.165) is 6.42 Å². The fourth-order valence-corrected chi connectivity index (χ4v) is 1.77. The van der Waals surface area contributed by atoms with E-state index in [1.165, 1.54) is 0 Å². The van der Waals surface area contributed by atoms with Crippen LogP contribution < -0.4 is 11.1 Å². The molecule has 1 saturated carbocycles. The van der Waals surface area contributed by atoms with Crippen molar-refractivity contribution in [2.24, 2.45) is 5.73 Å². The lowest BCUT2D eigenvalue weighted by Crippen LogP contribution is -2.49. The Kier molecular flexibility index (Phi) is 4.13. The van der Waals surface area contributed by atoms with Gasteiger partial charge in [0.15, 0.2) is 0 Å². The van der Waals surface area contributed by atoms with E-state index in [1.807, 2.05) is 0 Å². The second-order valence-electron chi connectivity index (χ2n) is 5.34. The van der Waals surface area contributed by atoms with Gasteiger partial charge < -0.3 is 15.8 Å². The second-order valence-corrected chi connectivity index (χ2v) is 5.34. The average Bonchev–Trinajstić information content (AvgIpc) is 2.06. The fraction of sp³-hybridized carbons (Fsp3) is 0.909. The molecule has 16 heavy (non-hydrogen) atoms. The van der Waals surface area contributed by atoms with Gasteiger partial charge in [0.05, 0.1) is 6.04 Å². The SMILES string of the molecule is CC(C)(C)OC(=O)N[C@H]1CC[C@H](N)C[C@H]1F. The van der Waals surface area contributed by atoms with Crippen LogP contribution in [-0.2, 0) is 4.74 Å². The molecule has 3 N–H and O–H groups in total. The Morgan fingerprint density at radius 1 is 1.44 bits per heavy atom.